The van der Waals surface area contributed by atoms with Gasteiger partial charge in [-0.25, -0.2) is 4.79 Å². The smallest absolute Gasteiger partial charge is 0.317 e. The van der Waals surface area contributed by atoms with Crippen molar-refractivity contribution < 1.29 is 9.53 Å². The third-order valence-corrected chi connectivity index (χ3v) is 5.31. The van der Waals surface area contributed by atoms with E-state index in [0.717, 1.165) is 43.0 Å². The van der Waals surface area contributed by atoms with Gasteiger partial charge in [-0.15, -0.1) is 0 Å². The summed E-state index contributed by atoms with van der Waals surface area (Å²) in [5.74, 6) is 3.26. The van der Waals surface area contributed by atoms with Crippen LogP contribution in [0.1, 0.15) is 32.1 Å². The highest BCUT2D eigenvalue weighted by atomic mass is 16.5. The highest BCUT2D eigenvalue weighted by Gasteiger charge is 2.41. The second-order valence-electron chi connectivity index (χ2n) is 7.19. The highest BCUT2D eigenvalue weighted by molar-refractivity contribution is 5.74. The molecule has 1 atom stereocenters. The number of carbonyl (C=O) groups is 1. The van der Waals surface area contributed by atoms with Crippen molar-refractivity contribution in [3.05, 3.63) is 24.5 Å². The Labute approximate surface area is 137 Å². The van der Waals surface area contributed by atoms with Crippen molar-refractivity contribution in [3.8, 4) is 5.75 Å². The average molecular weight is 315 g/mol. The van der Waals surface area contributed by atoms with E-state index in [0.29, 0.717) is 6.54 Å². The lowest BCUT2D eigenvalue weighted by Gasteiger charge is -2.21. The Morgan fingerprint density at radius 3 is 2.74 bits per heavy atom. The van der Waals surface area contributed by atoms with Gasteiger partial charge in [0.15, 0.2) is 0 Å². The summed E-state index contributed by atoms with van der Waals surface area (Å²) in [6.07, 6.45) is 9.87. The number of urea groups is 1. The molecule has 0 spiro atoms. The fraction of sp³-hybridized carbons (Fsp3) is 0.667. The summed E-state index contributed by atoms with van der Waals surface area (Å²) in [5, 5.41) is 3.17. The van der Waals surface area contributed by atoms with Crippen LogP contribution in [0, 0.1) is 17.8 Å². The molecule has 124 valence electrons. The molecule has 1 aliphatic heterocycles. The molecule has 2 aliphatic carbocycles. The Balaban J connectivity index is 1.23. The Hall–Kier alpha value is -1.78. The number of nitrogens with one attached hydrogen (secondary N) is 1. The Bertz CT molecular complexity index is 530. The van der Waals surface area contributed by atoms with Crippen molar-refractivity contribution >= 4 is 6.03 Å². The Kier molecular flexibility index (Phi) is 4.10. The van der Waals surface area contributed by atoms with Gasteiger partial charge >= 0.3 is 6.03 Å². The average Bonchev–Trinajstić information content (AvgIpc) is 3.49. The molecule has 3 aliphatic rings. The molecule has 1 N–H and O–H groups in total. The summed E-state index contributed by atoms with van der Waals surface area (Å²) in [5.41, 5.74) is 0. The van der Waals surface area contributed by atoms with E-state index < -0.39 is 0 Å². The number of hydrogen-bond acceptors (Lipinski definition) is 3. The van der Waals surface area contributed by atoms with E-state index in [-0.39, 0.29) is 12.1 Å². The van der Waals surface area contributed by atoms with Gasteiger partial charge in [-0.2, -0.15) is 0 Å². The van der Waals surface area contributed by atoms with E-state index in [1.807, 2.05) is 17.0 Å². The standard InChI is InChI=1S/C18H25N3O2/c22-18(20-11-17(13-3-4-13)14-5-6-14)21-9-7-16(12-21)23-15-2-1-8-19-10-15/h1-2,8,10,13-14,16-17H,3-7,9,11-12H2,(H,20,22). The number of nitrogens with zero attached hydrogens (tertiary/aromatic N) is 2. The first-order chi connectivity index (χ1) is 11.3. The van der Waals surface area contributed by atoms with E-state index in [1.165, 1.54) is 25.7 Å². The molecule has 0 bridgehead atoms. The van der Waals surface area contributed by atoms with Crippen LogP contribution in [-0.4, -0.2) is 41.7 Å². The number of likely N-dealkylation sites (tertiary alicyclic amines) is 1. The lowest BCUT2D eigenvalue weighted by Crippen LogP contribution is -2.42. The first-order valence-electron chi connectivity index (χ1n) is 8.89. The second-order valence-corrected chi connectivity index (χ2v) is 7.19. The number of hydrogen-bond donors (Lipinski definition) is 1. The molecule has 5 nitrogen and oxygen atoms in total. The van der Waals surface area contributed by atoms with Crippen LogP contribution >= 0.6 is 0 Å². The van der Waals surface area contributed by atoms with Gasteiger partial charge in [-0.1, -0.05) is 0 Å². The number of rotatable bonds is 6. The van der Waals surface area contributed by atoms with E-state index in [1.54, 1.807) is 12.4 Å². The Morgan fingerprint density at radius 1 is 1.30 bits per heavy atom. The molecule has 1 aromatic heterocycles. The van der Waals surface area contributed by atoms with Crippen LogP contribution in [0.5, 0.6) is 5.75 Å². The van der Waals surface area contributed by atoms with E-state index >= 15 is 0 Å². The first kappa shape index (κ1) is 14.8. The molecule has 0 aromatic carbocycles. The monoisotopic (exact) mass is 315 g/mol. The van der Waals surface area contributed by atoms with Crippen molar-refractivity contribution in [1.82, 2.24) is 15.2 Å². The largest absolute Gasteiger partial charge is 0.487 e. The van der Waals surface area contributed by atoms with Crippen molar-refractivity contribution in [2.24, 2.45) is 17.8 Å². The highest BCUT2D eigenvalue weighted by Crippen LogP contribution is 2.48. The van der Waals surface area contributed by atoms with Crippen LogP contribution < -0.4 is 10.1 Å². The third-order valence-electron chi connectivity index (χ3n) is 5.31. The maximum absolute atomic E-state index is 12.4. The zero-order chi connectivity index (χ0) is 15.6. The van der Waals surface area contributed by atoms with Gasteiger partial charge in [0.2, 0.25) is 0 Å². The minimum atomic E-state index is 0.0765. The molecule has 1 unspecified atom stereocenters. The van der Waals surface area contributed by atoms with E-state index in [4.69, 9.17) is 4.74 Å². The molecule has 2 amide bonds. The normalized spacial score (nSPS) is 24.0. The van der Waals surface area contributed by atoms with Gasteiger partial charge < -0.3 is 15.0 Å². The fourth-order valence-electron chi connectivity index (χ4n) is 3.70. The number of amides is 2. The van der Waals surface area contributed by atoms with E-state index in [2.05, 4.69) is 10.3 Å². The van der Waals surface area contributed by atoms with Gasteiger partial charge in [0.05, 0.1) is 12.7 Å². The van der Waals surface area contributed by atoms with Crippen LogP contribution in [0.3, 0.4) is 0 Å². The number of pyridine rings is 1. The van der Waals surface area contributed by atoms with Gasteiger partial charge in [-0.3, -0.25) is 4.98 Å². The maximum Gasteiger partial charge on any atom is 0.317 e. The van der Waals surface area contributed by atoms with Crippen LogP contribution in [0.15, 0.2) is 24.5 Å². The minimum absolute atomic E-state index is 0.0765. The summed E-state index contributed by atoms with van der Waals surface area (Å²) in [6, 6.07) is 3.85. The van der Waals surface area contributed by atoms with Crippen LogP contribution in [0.25, 0.3) is 0 Å². The molecule has 5 heteroatoms. The lowest BCUT2D eigenvalue weighted by molar-refractivity contribution is 0.184. The molecule has 2 saturated carbocycles. The predicted molar refractivity (Wildman–Crippen MR) is 87.2 cm³/mol. The quantitative estimate of drug-likeness (QED) is 0.878. The summed E-state index contributed by atoms with van der Waals surface area (Å²) < 4.78 is 5.89. The first-order valence-corrected chi connectivity index (χ1v) is 8.89. The summed E-state index contributed by atoms with van der Waals surface area (Å²) in [4.78, 5) is 18.3. The fourth-order valence-corrected chi connectivity index (χ4v) is 3.70. The number of carbonyl (C=O) groups excluding carboxylic acids is 1. The van der Waals surface area contributed by atoms with Crippen LogP contribution in [0.4, 0.5) is 4.79 Å². The van der Waals surface area contributed by atoms with Gasteiger partial charge in [-0.05, 0) is 55.6 Å². The van der Waals surface area contributed by atoms with Gasteiger partial charge in [0.25, 0.3) is 0 Å². The summed E-state index contributed by atoms with van der Waals surface area (Å²) in [7, 11) is 0. The number of ether oxygens (including phenoxy) is 1. The SMILES string of the molecule is O=C(NCC(C1CC1)C1CC1)N1CCC(Oc2cccnc2)C1. The molecule has 1 saturated heterocycles. The second kappa shape index (κ2) is 6.38. The minimum Gasteiger partial charge on any atom is -0.487 e. The van der Waals surface area contributed by atoms with E-state index in [9.17, 15) is 4.79 Å². The van der Waals surface area contributed by atoms with Gasteiger partial charge in [0.1, 0.15) is 11.9 Å². The molecule has 1 aromatic rings. The molecule has 3 fully saturated rings. The lowest BCUT2D eigenvalue weighted by atomic mass is 9.98. The Morgan fingerprint density at radius 2 is 2.09 bits per heavy atom. The maximum atomic E-state index is 12.4. The zero-order valence-electron chi connectivity index (χ0n) is 13.5. The van der Waals surface area contributed by atoms with Gasteiger partial charge in [0, 0.05) is 25.7 Å². The summed E-state index contributed by atoms with van der Waals surface area (Å²) >= 11 is 0. The van der Waals surface area contributed by atoms with Crippen molar-refractivity contribution in [1.29, 1.82) is 0 Å². The number of aromatic nitrogens is 1. The van der Waals surface area contributed by atoms with Crippen molar-refractivity contribution in [2.75, 3.05) is 19.6 Å². The molecule has 2 heterocycles. The molecular weight excluding hydrogens is 290 g/mol. The van der Waals surface area contributed by atoms with Crippen molar-refractivity contribution in [2.45, 2.75) is 38.2 Å². The third kappa shape index (κ3) is 3.77. The van der Waals surface area contributed by atoms with Crippen LogP contribution in [0.2, 0.25) is 0 Å². The predicted octanol–water partition coefficient (Wildman–Crippen LogP) is 2.68. The summed E-state index contributed by atoms with van der Waals surface area (Å²) in [6.45, 7) is 2.30. The van der Waals surface area contributed by atoms with Crippen molar-refractivity contribution in [3.63, 3.8) is 0 Å². The topological polar surface area (TPSA) is 54.5 Å². The molecule has 0 radical (unpaired) electrons. The molecular formula is C18H25N3O2. The molecule has 4 rings (SSSR count). The zero-order valence-corrected chi connectivity index (χ0v) is 13.5. The molecule has 23 heavy (non-hydrogen) atoms. The van der Waals surface area contributed by atoms with Crippen LogP contribution in [-0.2, 0) is 0 Å².